The van der Waals surface area contributed by atoms with Gasteiger partial charge in [0.25, 0.3) is 5.91 Å². The van der Waals surface area contributed by atoms with Crippen LogP contribution in [-0.4, -0.2) is 32.4 Å². The maximum atomic E-state index is 12.2. The Morgan fingerprint density at radius 2 is 2.28 bits per heavy atom. The molecule has 6 nitrogen and oxygen atoms in total. The van der Waals surface area contributed by atoms with E-state index in [9.17, 15) is 4.79 Å². The molecule has 1 aliphatic carbocycles. The van der Waals surface area contributed by atoms with Gasteiger partial charge in [0, 0.05) is 35.8 Å². The number of carbonyl (C=O) groups excluding carboxylic acids is 1. The van der Waals surface area contributed by atoms with Gasteiger partial charge in [-0.05, 0) is 50.5 Å². The van der Waals surface area contributed by atoms with Crippen molar-refractivity contribution in [2.45, 2.75) is 38.6 Å². The maximum absolute atomic E-state index is 12.2. The summed E-state index contributed by atoms with van der Waals surface area (Å²) in [7, 11) is 0. The largest absolute Gasteiger partial charge is 0.351 e. The van der Waals surface area contributed by atoms with Crippen molar-refractivity contribution in [1.29, 1.82) is 0 Å². The van der Waals surface area contributed by atoms with E-state index in [2.05, 4.69) is 44.4 Å². The van der Waals surface area contributed by atoms with Crippen molar-refractivity contribution in [2.75, 3.05) is 6.54 Å². The number of aromatic nitrogens is 4. The molecule has 0 atom stereocenters. The minimum absolute atomic E-state index is 0.140. The fourth-order valence-electron chi connectivity index (χ4n) is 2.92. The van der Waals surface area contributed by atoms with Crippen LogP contribution in [-0.2, 0) is 6.54 Å². The standard InChI is InChI=1S/C18H21N5OS/c1-12-3-6-17(25-12)14-11-15(22-21-14)18(24)19-8-2-10-23-16(7-9-20-23)13-4-5-13/h3,6-7,9,11,13H,2,4-5,8,10H2,1H3,(H,19,24)(H,21,22). The Kier molecular flexibility index (Phi) is 4.40. The first-order valence-electron chi connectivity index (χ1n) is 8.63. The molecular formula is C18H21N5OS. The number of carbonyl (C=O) groups is 1. The SMILES string of the molecule is Cc1ccc(-c2cc(C(=O)NCCCn3nccc3C3CC3)n[nH]2)s1. The lowest BCUT2D eigenvalue weighted by atomic mass is 10.3. The minimum atomic E-state index is -0.140. The monoisotopic (exact) mass is 355 g/mol. The van der Waals surface area contributed by atoms with E-state index in [4.69, 9.17) is 0 Å². The molecule has 0 unspecified atom stereocenters. The zero-order chi connectivity index (χ0) is 17.2. The molecule has 0 saturated heterocycles. The molecule has 0 aliphatic heterocycles. The van der Waals surface area contributed by atoms with Gasteiger partial charge >= 0.3 is 0 Å². The first-order chi connectivity index (χ1) is 12.2. The Morgan fingerprint density at radius 3 is 3.04 bits per heavy atom. The van der Waals surface area contributed by atoms with Gasteiger partial charge < -0.3 is 5.32 Å². The summed E-state index contributed by atoms with van der Waals surface area (Å²) in [6.45, 7) is 3.51. The number of aryl methyl sites for hydroxylation is 2. The second-order valence-electron chi connectivity index (χ2n) is 6.44. The highest BCUT2D eigenvalue weighted by Crippen LogP contribution is 2.39. The first kappa shape index (κ1) is 16.1. The summed E-state index contributed by atoms with van der Waals surface area (Å²) >= 11 is 1.68. The van der Waals surface area contributed by atoms with Crippen LogP contribution in [0.4, 0.5) is 0 Å². The van der Waals surface area contributed by atoms with Crippen molar-refractivity contribution in [1.82, 2.24) is 25.3 Å². The van der Waals surface area contributed by atoms with Crippen LogP contribution in [0.15, 0.2) is 30.5 Å². The van der Waals surface area contributed by atoms with Crippen LogP contribution in [0.5, 0.6) is 0 Å². The number of thiophene rings is 1. The zero-order valence-corrected chi connectivity index (χ0v) is 15.0. The first-order valence-corrected chi connectivity index (χ1v) is 9.44. The number of aromatic amines is 1. The summed E-state index contributed by atoms with van der Waals surface area (Å²) in [4.78, 5) is 14.6. The molecule has 0 radical (unpaired) electrons. The summed E-state index contributed by atoms with van der Waals surface area (Å²) in [5.41, 5.74) is 2.64. The Labute approximate surface area is 150 Å². The normalized spacial score (nSPS) is 14.0. The fourth-order valence-corrected chi connectivity index (χ4v) is 3.75. The average molecular weight is 355 g/mol. The summed E-state index contributed by atoms with van der Waals surface area (Å²) in [6.07, 6.45) is 5.26. The molecule has 1 aliphatic rings. The maximum Gasteiger partial charge on any atom is 0.271 e. The van der Waals surface area contributed by atoms with E-state index in [0.717, 1.165) is 23.5 Å². The molecule has 25 heavy (non-hydrogen) atoms. The van der Waals surface area contributed by atoms with E-state index in [1.807, 2.05) is 12.3 Å². The molecular weight excluding hydrogens is 334 g/mol. The Balaban J connectivity index is 1.27. The van der Waals surface area contributed by atoms with Crippen LogP contribution < -0.4 is 5.32 Å². The summed E-state index contributed by atoms with van der Waals surface area (Å²) in [5.74, 6) is 0.555. The van der Waals surface area contributed by atoms with Crippen LogP contribution in [0, 0.1) is 6.92 Å². The number of nitrogens with one attached hydrogen (secondary N) is 2. The molecule has 3 aromatic rings. The van der Waals surface area contributed by atoms with Gasteiger partial charge in [0.1, 0.15) is 0 Å². The predicted molar refractivity (Wildman–Crippen MR) is 97.8 cm³/mol. The third-order valence-corrected chi connectivity index (χ3v) is 5.43. The van der Waals surface area contributed by atoms with Crippen molar-refractivity contribution in [3.05, 3.63) is 46.7 Å². The van der Waals surface area contributed by atoms with Gasteiger partial charge in [-0.2, -0.15) is 10.2 Å². The topological polar surface area (TPSA) is 75.6 Å². The van der Waals surface area contributed by atoms with Crippen LogP contribution in [0.1, 0.15) is 46.2 Å². The molecule has 3 heterocycles. The molecule has 130 valence electrons. The second-order valence-corrected chi connectivity index (χ2v) is 7.73. The van der Waals surface area contributed by atoms with Crippen LogP contribution in [0.25, 0.3) is 10.6 Å². The number of rotatable bonds is 7. The smallest absolute Gasteiger partial charge is 0.271 e. The number of hydrogen-bond acceptors (Lipinski definition) is 4. The van der Waals surface area contributed by atoms with Crippen molar-refractivity contribution >= 4 is 17.2 Å². The van der Waals surface area contributed by atoms with E-state index >= 15 is 0 Å². The van der Waals surface area contributed by atoms with Gasteiger partial charge in [-0.15, -0.1) is 11.3 Å². The van der Waals surface area contributed by atoms with Crippen molar-refractivity contribution in [3.63, 3.8) is 0 Å². The lowest BCUT2D eigenvalue weighted by Gasteiger charge is -2.07. The summed E-state index contributed by atoms with van der Waals surface area (Å²) < 4.78 is 2.07. The molecule has 1 amide bonds. The van der Waals surface area contributed by atoms with Crippen molar-refractivity contribution in [2.24, 2.45) is 0 Å². The number of amides is 1. The molecule has 0 aromatic carbocycles. The van der Waals surface area contributed by atoms with Crippen LogP contribution >= 0.6 is 11.3 Å². The average Bonchev–Trinajstić information content (AvgIpc) is 3.03. The summed E-state index contributed by atoms with van der Waals surface area (Å²) in [6, 6.07) is 8.01. The van der Waals surface area contributed by atoms with Gasteiger partial charge in [-0.25, -0.2) is 0 Å². The Hall–Kier alpha value is -2.41. The lowest BCUT2D eigenvalue weighted by molar-refractivity contribution is 0.0947. The second kappa shape index (κ2) is 6.84. The highest BCUT2D eigenvalue weighted by Gasteiger charge is 2.26. The van der Waals surface area contributed by atoms with Gasteiger partial charge in [-0.3, -0.25) is 14.6 Å². The van der Waals surface area contributed by atoms with Crippen molar-refractivity contribution in [3.8, 4) is 10.6 Å². The predicted octanol–water partition coefficient (Wildman–Crippen LogP) is 3.34. The van der Waals surface area contributed by atoms with Gasteiger partial charge in [0.2, 0.25) is 0 Å². The lowest BCUT2D eigenvalue weighted by Crippen LogP contribution is -2.25. The number of hydrogen-bond donors (Lipinski definition) is 2. The van der Waals surface area contributed by atoms with E-state index in [-0.39, 0.29) is 5.91 Å². The molecule has 4 rings (SSSR count). The number of nitrogens with zero attached hydrogens (tertiary/aromatic N) is 3. The van der Waals surface area contributed by atoms with Gasteiger partial charge in [-0.1, -0.05) is 0 Å². The zero-order valence-electron chi connectivity index (χ0n) is 14.2. The summed E-state index contributed by atoms with van der Waals surface area (Å²) in [5, 5.41) is 14.4. The molecule has 0 spiro atoms. The van der Waals surface area contributed by atoms with E-state index in [1.165, 1.54) is 23.4 Å². The number of H-pyrrole nitrogens is 1. The molecule has 1 saturated carbocycles. The quantitative estimate of drug-likeness (QED) is 0.638. The molecule has 3 aromatic heterocycles. The third-order valence-electron chi connectivity index (χ3n) is 4.39. The highest BCUT2D eigenvalue weighted by molar-refractivity contribution is 7.15. The third kappa shape index (κ3) is 3.66. The van der Waals surface area contributed by atoms with E-state index in [1.54, 1.807) is 17.4 Å². The van der Waals surface area contributed by atoms with Crippen LogP contribution in [0.2, 0.25) is 0 Å². The van der Waals surface area contributed by atoms with Crippen molar-refractivity contribution < 1.29 is 4.79 Å². The Bertz CT molecular complexity index is 874. The molecule has 1 fully saturated rings. The van der Waals surface area contributed by atoms with Gasteiger partial charge in [0.05, 0.1) is 10.6 Å². The molecule has 7 heteroatoms. The van der Waals surface area contributed by atoms with E-state index < -0.39 is 0 Å². The Morgan fingerprint density at radius 1 is 1.40 bits per heavy atom. The fraction of sp³-hybridized carbons (Fsp3) is 0.389. The minimum Gasteiger partial charge on any atom is -0.351 e. The highest BCUT2D eigenvalue weighted by atomic mass is 32.1. The molecule has 0 bridgehead atoms. The van der Waals surface area contributed by atoms with E-state index in [0.29, 0.717) is 18.2 Å². The van der Waals surface area contributed by atoms with Crippen LogP contribution in [0.3, 0.4) is 0 Å². The molecule has 2 N–H and O–H groups in total. The van der Waals surface area contributed by atoms with Gasteiger partial charge in [0.15, 0.2) is 5.69 Å².